The zero-order chi connectivity index (χ0) is 18.3. The second kappa shape index (κ2) is 6.40. The number of aryl methyl sites for hydroxylation is 3. The summed E-state index contributed by atoms with van der Waals surface area (Å²) in [5, 5.41) is 8.41. The Morgan fingerprint density at radius 1 is 1.27 bits per heavy atom. The molecule has 7 nitrogen and oxygen atoms in total. The van der Waals surface area contributed by atoms with Crippen LogP contribution in [-0.2, 0) is 31.2 Å². The molecule has 0 radical (unpaired) electrons. The first-order chi connectivity index (χ1) is 12.5. The fourth-order valence-electron chi connectivity index (χ4n) is 3.45. The molecule has 0 unspecified atom stereocenters. The van der Waals surface area contributed by atoms with E-state index in [1.54, 1.807) is 6.92 Å². The molecule has 0 aliphatic carbocycles. The second-order valence-electron chi connectivity index (χ2n) is 6.71. The number of carbonyl (C=O) groups excluding carboxylic acids is 1. The third-order valence-corrected chi connectivity index (χ3v) is 4.93. The monoisotopic (exact) mass is 351 g/mol. The number of rotatable bonds is 3. The van der Waals surface area contributed by atoms with Gasteiger partial charge in [-0.25, -0.2) is 0 Å². The van der Waals surface area contributed by atoms with Gasteiger partial charge in [0.25, 0.3) is 5.89 Å². The number of carbonyl (C=O) groups is 1. The molecular formula is C19H21N5O2. The van der Waals surface area contributed by atoms with Gasteiger partial charge in [-0.05, 0) is 25.0 Å². The number of nitrogens with zero attached hydrogens (tertiary/aromatic N) is 5. The highest BCUT2D eigenvalue weighted by molar-refractivity contribution is 5.79. The molecule has 1 aliphatic rings. The van der Waals surface area contributed by atoms with Gasteiger partial charge in [-0.3, -0.25) is 9.48 Å². The molecule has 1 aliphatic heterocycles. The Morgan fingerprint density at radius 3 is 2.81 bits per heavy atom. The lowest BCUT2D eigenvalue weighted by Crippen LogP contribution is -2.37. The van der Waals surface area contributed by atoms with Crippen LogP contribution >= 0.6 is 0 Å². The van der Waals surface area contributed by atoms with Crippen LogP contribution in [0.5, 0.6) is 0 Å². The zero-order valence-corrected chi connectivity index (χ0v) is 15.2. The lowest BCUT2D eigenvalue weighted by Gasteiger charge is -2.27. The minimum absolute atomic E-state index is 0.126. The van der Waals surface area contributed by atoms with Crippen LogP contribution in [-0.4, -0.2) is 37.3 Å². The van der Waals surface area contributed by atoms with E-state index in [1.165, 1.54) is 0 Å². The van der Waals surface area contributed by atoms with Gasteiger partial charge in [-0.15, -0.1) is 0 Å². The van der Waals surface area contributed by atoms with Crippen LogP contribution in [0.25, 0.3) is 11.6 Å². The Bertz CT molecular complexity index is 972. The summed E-state index contributed by atoms with van der Waals surface area (Å²) in [6.45, 7) is 5.03. The molecular weight excluding hydrogens is 330 g/mol. The maximum absolute atomic E-state index is 12.8. The van der Waals surface area contributed by atoms with Crippen molar-refractivity contribution >= 4 is 5.91 Å². The van der Waals surface area contributed by atoms with Crippen LogP contribution < -0.4 is 0 Å². The smallest absolute Gasteiger partial charge is 0.278 e. The normalized spacial score (nSPS) is 13.7. The molecule has 0 bridgehead atoms. The Balaban J connectivity index is 1.59. The maximum Gasteiger partial charge on any atom is 0.278 e. The molecule has 0 spiro atoms. The molecule has 4 rings (SSSR count). The number of fused-ring (bicyclic) bond motifs is 1. The van der Waals surface area contributed by atoms with Gasteiger partial charge < -0.3 is 9.42 Å². The first-order valence-corrected chi connectivity index (χ1v) is 8.70. The summed E-state index contributed by atoms with van der Waals surface area (Å²) in [5.41, 5.74) is 5.01. The third-order valence-electron chi connectivity index (χ3n) is 4.93. The van der Waals surface area contributed by atoms with Gasteiger partial charge in [0, 0.05) is 37.8 Å². The standard InChI is InChI=1S/C19H21N5O2/c1-12-6-4-5-7-14(12)10-17(25)24-9-8-16-15(11-24)18(21-23(16)3)19-20-13(2)22-26-19/h4-7H,8-11H2,1-3H3. The third kappa shape index (κ3) is 2.89. The van der Waals surface area contributed by atoms with E-state index >= 15 is 0 Å². The van der Waals surface area contributed by atoms with Crippen LogP contribution in [0.1, 0.15) is 28.2 Å². The van der Waals surface area contributed by atoms with Gasteiger partial charge in [0.2, 0.25) is 5.91 Å². The summed E-state index contributed by atoms with van der Waals surface area (Å²) >= 11 is 0. The predicted molar refractivity (Wildman–Crippen MR) is 95.2 cm³/mol. The molecule has 3 heterocycles. The van der Waals surface area contributed by atoms with Gasteiger partial charge in [-0.2, -0.15) is 10.1 Å². The van der Waals surface area contributed by atoms with Crippen molar-refractivity contribution in [3.8, 4) is 11.6 Å². The van der Waals surface area contributed by atoms with Crippen LogP contribution in [0, 0.1) is 13.8 Å². The molecule has 0 saturated carbocycles. The quantitative estimate of drug-likeness (QED) is 0.723. The fraction of sp³-hybridized carbons (Fsp3) is 0.368. The van der Waals surface area contributed by atoms with E-state index in [2.05, 4.69) is 15.2 Å². The topological polar surface area (TPSA) is 77.0 Å². The van der Waals surface area contributed by atoms with Crippen molar-refractivity contribution in [2.24, 2.45) is 7.05 Å². The summed E-state index contributed by atoms with van der Waals surface area (Å²) in [5.74, 6) is 1.11. The first kappa shape index (κ1) is 16.5. The van der Waals surface area contributed by atoms with Crippen molar-refractivity contribution in [1.82, 2.24) is 24.8 Å². The molecule has 0 N–H and O–H groups in total. The van der Waals surface area contributed by atoms with E-state index < -0.39 is 0 Å². The summed E-state index contributed by atoms with van der Waals surface area (Å²) < 4.78 is 7.15. The van der Waals surface area contributed by atoms with Crippen LogP contribution in [0.2, 0.25) is 0 Å². The average molecular weight is 351 g/mol. The highest BCUT2D eigenvalue weighted by Gasteiger charge is 2.29. The number of aromatic nitrogens is 4. The van der Waals surface area contributed by atoms with Crippen molar-refractivity contribution in [3.63, 3.8) is 0 Å². The zero-order valence-electron chi connectivity index (χ0n) is 15.2. The first-order valence-electron chi connectivity index (χ1n) is 8.70. The van der Waals surface area contributed by atoms with E-state index in [0.29, 0.717) is 36.9 Å². The van der Waals surface area contributed by atoms with E-state index in [1.807, 2.05) is 47.8 Å². The molecule has 0 saturated heterocycles. The Labute approximate surface area is 151 Å². The lowest BCUT2D eigenvalue weighted by atomic mass is 10.0. The predicted octanol–water partition coefficient (Wildman–Crippen LogP) is 2.21. The van der Waals surface area contributed by atoms with Crippen LogP contribution in [0.3, 0.4) is 0 Å². The van der Waals surface area contributed by atoms with Gasteiger partial charge in [0.05, 0.1) is 6.42 Å². The average Bonchev–Trinajstić information content (AvgIpc) is 3.20. The van der Waals surface area contributed by atoms with Crippen molar-refractivity contribution < 1.29 is 9.32 Å². The Morgan fingerprint density at radius 2 is 2.08 bits per heavy atom. The van der Waals surface area contributed by atoms with E-state index in [9.17, 15) is 4.79 Å². The van der Waals surface area contributed by atoms with Gasteiger partial charge >= 0.3 is 0 Å². The van der Waals surface area contributed by atoms with Crippen molar-refractivity contribution in [2.75, 3.05) is 6.54 Å². The van der Waals surface area contributed by atoms with Gasteiger partial charge in [-0.1, -0.05) is 29.4 Å². The number of hydrogen-bond acceptors (Lipinski definition) is 5. The lowest BCUT2D eigenvalue weighted by molar-refractivity contribution is -0.131. The summed E-state index contributed by atoms with van der Waals surface area (Å²) in [7, 11) is 1.91. The van der Waals surface area contributed by atoms with Gasteiger partial charge in [0.15, 0.2) is 11.5 Å². The summed E-state index contributed by atoms with van der Waals surface area (Å²) in [6.07, 6.45) is 1.18. The highest BCUT2D eigenvalue weighted by atomic mass is 16.5. The number of amides is 1. The molecule has 26 heavy (non-hydrogen) atoms. The Hall–Kier alpha value is -2.96. The highest BCUT2D eigenvalue weighted by Crippen LogP contribution is 2.29. The summed E-state index contributed by atoms with van der Waals surface area (Å²) in [6, 6.07) is 8.01. The minimum Gasteiger partial charge on any atom is -0.338 e. The summed E-state index contributed by atoms with van der Waals surface area (Å²) in [4.78, 5) is 19.0. The molecule has 3 aromatic rings. The molecule has 7 heteroatoms. The van der Waals surface area contributed by atoms with Crippen molar-refractivity contribution in [1.29, 1.82) is 0 Å². The van der Waals surface area contributed by atoms with Crippen molar-refractivity contribution in [3.05, 3.63) is 52.5 Å². The molecule has 0 atom stereocenters. The largest absolute Gasteiger partial charge is 0.338 e. The van der Waals surface area contributed by atoms with E-state index in [0.717, 1.165) is 28.8 Å². The van der Waals surface area contributed by atoms with Crippen LogP contribution in [0.15, 0.2) is 28.8 Å². The second-order valence-corrected chi connectivity index (χ2v) is 6.71. The molecule has 1 amide bonds. The number of benzene rings is 1. The van der Waals surface area contributed by atoms with Gasteiger partial charge in [0.1, 0.15) is 0 Å². The van der Waals surface area contributed by atoms with Crippen LogP contribution in [0.4, 0.5) is 0 Å². The fourth-order valence-corrected chi connectivity index (χ4v) is 3.45. The molecule has 134 valence electrons. The minimum atomic E-state index is 0.126. The van der Waals surface area contributed by atoms with E-state index in [4.69, 9.17) is 4.52 Å². The SMILES string of the molecule is Cc1noc(-c2nn(C)c3c2CN(C(=O)Cc2ccccc2C)CC3)n1. The molecule has 0 fully saturated rings. The van der Waals surface area contributed by atoms with Crippen molar-refractivity contribution in [2.45, 2.75) is 33.2 Å². The molecule has 2 aromatic heterocycles. The maximum atomic E-state index is 12.8. The Kier molecular flexibility index (Phi) is 4.06. The van der Waals surface area contributed by atoms with E-state index in [-0.39, 0.29) is 5.91 Å². The molecule has 1 aromatic carbocycles. The number of hydrogen-bond donors (Lipinski definition) is 0.